The second-order valence-corrected chi connectivity index (χ2v) is 4.54. The molecule has 0 heterocycles. The van der Waals surface area contributed by atoms with E-state index in [4.69, 9.17) is 10.5 Å². The van der Waals surface area contributed by atoms with Crippen LogP contribution < -0.4 is 10.5 Å². The average molecular weight is 250 g/mol. The summed E-state index contributed by atoms with van der Waals surface area (Å²) >= 11 is 0. The monoisotopic (exact) mass is 250 g/mol. The van der Waals surface area contributed by atoms with Gasteiger partial charge in [0.25, 0.3) is 0 Å². The summed E-state index contributed by atoms with van der Waals surface area (Å²) in [6.45, 7) is 7.02. The van der Waals surface area contributed by atoms with Crippen molar-refractivity contribution in [1.29, 1.82) is 0 Å². The predicted molar refractivity (Wildman–Crippen MR) is 76.8 cm³/mol. The number of methoxy groups -OCH3 is 1. The van der Waals surface area contributed by atoms with Crippen LogP contribution in [0.5, 0.6) is 5.75 Å². The van der Waals surface area contributed by atoms with E-state index in [0.29, 0.717) is 12.6 Å². The molecule has 2 N–H and O–H groups in total. The van der Waals surface area contributed by atoms with Gasteiger partial charge < -0.3 is 10.5 Å². The highest BCUT2D eigenvalue weighted by atomic mass is 16.5. The normalized spacial score (nSPS) is 11.2. The van der Waals surface area contributed by atoms with E-state index in [0.717, 1.165) is 31.7 Å². The van der Waals surface area contributed by atoms with Crippen LogP contribution in [-0.2, 0) is 6.54 Å². The fourth-order valence-electron chi connectivity index (χ4n) is 2.41. The van der Waals surface area contributed by atoms with Gasteiger partial charge in [0, 0.05) is 31.2 Å². The number of nitrogens with two attached hydrogens (primary N) is 1. The molecule has 3 heteroatoms. The van der Waals surface area contributed by atoms with Crippen LogP contribution in [0, 0.1) is 0 Å². The van der Waals surface area contributed by atoms with Gasteiger partial charge in [-0.3, -0.25) is 4.90 Å². The number of nitrogens with zero attached hydrogens (tertiary/aromatic N) is 1. The van der Waals surface area contributed by atoms with Gasteiger partial charge >= 0.3 is 0 Å². The molecule has 0 amide bonds. The number of ether oxygens (including phenoxy) is 1. The van der Waals surface area contributed by atoms with E-state index < -0.39 is 0 Å². The summed E-state index contributed by atoms with van der Waals surface area (Å²) < 4.78 is 5.41. The van der Waals surface area contributed by atoms with E-state index in [1.165, 1.54) is 5.56 Å². The smallest absolute Gasteiger partial charge is 0.123 e. The van der Waals surface area contributed by atoms with E-state index in [9.17, 15) is 0 Å². The molecule has 0 aromatic heterocycles. The molecule has 102 valence electrons. The van der Waals surface area contributed by atoms with Gasteiger partial charge in [-0.15, -0.1) is 0 Å². The van der Waals surface area contributed by atoms with Crippen molar-refractivity contribution < 1.29 is 4.74 Å². The van der Waals surface area contributed by atoms with Gasteiger partial charge in [-0.25, -0.2) is 0 Å². The summed E-state index contributed by atoms with van der Waals surface area (Å²) in [5.74, 6) is 0.963. The van der Waals surface area contributed by atoms with Crippen LogP contribution in [0.1, 0.15) is 32.3 Å². The number of hydrogen-bond donors (Lipinski definition) is 1. The number of para-hydroxylation sites is 1. The fraction of sp³-hybridized carbons (Fsp3) is 0.600. The molecule has 0 aliphatic rings. The van der Waals surface area contributed by atoms with E-state index in [2.05, 4.69) is 30.9 Å². The molecule has 0 fully saturated rings. The van der Waals surface area contributed by atoms with Gasteiger partial charge in [-0.2, -0.15) is 0 Å². The lowest BCUT2D eigenvalue weighted by Gasteiger charge is -2.30. The van der Waals surface area contributed by atoms with Crippen molar-refractivity contribution in [3.05, 3.63) is 29.8 Å². The molecule has 1 aromatic carbocycles. The van der Waals surface area contributed by atoms with Crippen LogP contribution in [0.25, 0.3) is 0 Å². The number of hydrogen-bond acceptors (Lipinski definition) is 3. The van der Waals surface area contributed by atoms with Crippen molar-refractivity contribution in [3.8, 4) is 5.75 Å². The first-order chi connectivity index (χ1) is 8.76. The van der Waals surface area contributed by atoms with Crippen LogP contribution >= 0.6 is 0 Å². The zero-order chi connectivity index (χ0) is 13.4. The Hall–Kier alpha value is -1.06. The number of rotatable bonds is 8. The average Bonchev–Trinajstić information content (AvgIpc) is 2.41. The Morgan fingerprint density at radius 2 is 1.89 bits per heavy atom. The maximum atomic E-state index is 5.73. The first-order valence-electron chi connectivity index (χ1n) is 6.82. The molecule has 1 aromatic rings. The highest BCUT2D eigenvalue weighted by Gasteiger charge is 2.16. The first kappa shape index (κ1) is 15.0. The molecule has 0 aliphatic heterocycles. The van der Waals surface area contributed by atoms with E-state index >= 15 is 0 Å². The van der Waals surface area contributed by atoms with E-state index in [1.807, 2.05) is 12.1 Å². The van der Waals surface area contributed by atoms with Gasteiger partial charge in [0.15, 0.2) is 0 Å². The Morgan fingerprint density at radius 3 is 2.44 bits per heavy atom. The van der Waals surface area contributed by atoms with Crippen molar-refractivity contribution in [2.45, 2.75) is 39.3 Å². The highest BCUT2D eigenvalue weighted by molar-refractivity contribution is 5.33. The van der Waals surface area contributed by atoms with Crippen molar-refractivity contribution in [2.24, 2.45) is 5.73 Å². The molecule has 1 rings (SSSR count). The van der Waals surface area contributed by atoms with Crippen LogP contribution in [0.4, 0.5) is 0 Å². The summed E-state index contributed by atoms with van der Waals surface area (Å²) in [4.78, 5) is 2.46. The Morgan fingerprint density at radius 1 is 1.22 bits per heavy atom. The zero-order valence-electron chi connectivity index (χ0n) is 11.9. The molecule has 0 bridgehead atoms. The van der Waals surface area contributed by atoms with Crippen LogP contribution in [-0.4, -0.2) is 31.1 Å². The lowest BCUT2D eigenvalue weighted by molar-refractivity contribution is 0.180. The third-order valence-corrected chi connectivity index (χ3v) is 3.44. The van der Waals surface area contributed by atoms with Crippen molar-refractivity contribution in [1.82, 2.24) is 4.90 Å². The van der Waals surface area contributed by atoms with Crippen LogP contribution in [0.15, 0.2) is 24.3 Å². The summed E-state index contributed by atoms with van der Waals surface area (Å²) in [5.41, 5.74) is 6.96. The molecule has 0 unspecified atom stereocenters. The lowest BCUT2D eigenvalue weighted by Crippen LogP contribution is -2.37. The quantitative estimate of drug-likeness (QED) is 0.771. The van der Waals surface area contributed by atoms with E-state index in [-0.39, 0.29) is 0 Å². The van der Waals surface area contributed by atoms with Gasteiger partial charge in [-0.1, -0.05) is 32.0 Å². The van der Waals surface area contributed by atoms with Crippen molar-refractivity contribution in [2.75, 3.05) is 20.2 Å². The summed E-state index contributed by atoms with van der Waals surface area (Å²) in [6.07, 6.45) is 2.32. The van der Waals surface area contributed by atoms with Crippen molar-refractivity contribution in [3.63, 3.8) is 0 Å². The summed E-state index contributed by atoms with van der Waals surface area (Å²) in [5, 5.41) is 0. The molecule has 0 radical (unpaired) electrons. The Bertz CT molecular complexity index is 337. The van der Waals surface area contributed by atoms with Crippen LogP contribution in [0.3, 0.4) is 0 Å². The molecular weight excluding hydrogens is 224 g/mol. The third kappa shape index (κ3) is 4.00. The first-order valence-corrected chi connectivity index (χ1v) is 6.82. The predicted octanol–water partition coefficient (Wildman–Crippen LogP) is 2.64. The Labute approximate surface area is 111 Å². The molecule has 0 saturated heterocycles. The molecule has 0 spiro atoms. The van der Waals surface area contributed by atoms with Crippen molar-refractivity contribution >= 4 is 0 Å². The molecule has 3 nitrogen and oxygen atoms in total. The molecule has 18 heavy (non-hydrogen) atoms. The fourth-order valence-corrected chi connectivity index (χ4v) is 2.41. The van der Waals surface area contributed by atoms with E-state index in [1.54, 1.807) is 7.11 Å². The molecule has 0 aliphatic carbocycles. The maximum Gasteiger partial charge on any atom is 0.123 e. The summed E-state index contributed by atoms with van der Waals surface area (Å²) in [6, 6.07) is 8.81. The minimum atomic E-state index is 0.596. The largest absolute Gasteiger partial charge is 0.496 e. The number of benzene rings is 1. The SMILES string of the molecule is CCC(CC)N(CCN)Cc1ccccc1OC. The zero-order valence-corrected chi connectivity index (χ0v) is 11.9. The molecule has 0 saturated carbocycles. The second kappa shape index (κ2) is 8.11. The third-order valence-electron chi connectivity index (χ3n) is 3.44. The standard InChI is InChI=1S/C15H26N2O/c1-4-14(5-2)17(11-10-16)12-13-8-6-7-9-15(13)18-3/h6-9,14H,4-5,10-12,16H2,1-3H3. The lowest BCUT2D eigenvalue weighted by atomic mass is 10.1. The Balaban J connectivity index is 2.81. The second-order valence-electron chi connectivity index (χ2n) is 4.54. The minimum Gasteiger partial charge on any atom is -0.496 e. The molecule has 0 atom stereocenters. The minimum absolute atomic E-state index is 0.596. The van der Waals surface area contributed by atoms with Gasteiger partial charge in [0.2, 0.25) is 0 Å². The van der Waals surface area contributed by atoms with Gasteiger partial charge in [0.05, 0.1) is 7.11 Å². The van der Waals surface area contributed by atoms with Crippen LogP contribution in [0.2, 0.25) is 0 Å². The molecular formula is C15H26N2O. The van der Waals surface area contributed by atoms with Gasteiger partial charge in [0.1, 0.15) is 5.75 Å². The Kier molecular flexibility index (Phi) is 6.76. The maximum absolute atomic E-state index is 5.73. The van der Waals surface area contributed by atoms with Gasteiger partial charge in [-0.05, 0) is 18.9 Å². The highest BCUT2D eigenvalue weighted by Crippen LogP contribution is 2.21. The topological polar surface area (TPSA) is 38.5 Å². The summed E-state index contributed by atoms with van der Waals surface area (Å²) in [7, 11) is 1.73.